The Labute approximate surface area is 230 Å². The number of methoxy groups -OCH3 is 1. The molecule has 0 N–H and O–H groups in total. The average molecular weight is 526 g/mol. The Morgan fingerprint density at radius 3 is 2.34 bits per heavy atom. The zero-order chi connectivity index (χ0) is 27.9. The van der Waals surface area contributed by atoms with Crippen molar-refractivity contribution in [3.63, 3.8) is 0 Å². The number of carbonyl (C=O) groups excluding carboxylic acids is 2. The molecule has 0 amide bonds. The van der Waals surface area contributed by atoms with Crippen molar-refractivity contribution in [2.45, 2.75) is 113 Å². The van der Waals surface area contributed by atoms with Crippen molar-refractivity contribution < 1.29 is 19.2 Å². The van der Waals surface area contributed by atoms with Gasteiger partial charge in [-0.05, 0) is 111 Å². The zero-order valence-corrected chi connectivity index (χ0v) is 25.5. The van der Waals surface area contributed by atoms with E-state index in [0.29, 0.717) is 18.3 Å². The number of fused-ring (bicyclic) bond motifs is 7. The van der Waals surface area contributed by atoms with Gasteiger partial charge in [-0.15, -0.1) is 0 Å². The molecule has 0 bridgehead atoms. The van der Waals surface area contributed by atoms with Gasteiger partial charge >= 0.3 is 5.97 Å². The van der Waals surface area contributed by atoms with E-state index in [1.807, 2.05) is 6.92 Å². The number of rotatable bonds is 3. The summed E-state index contributed by atoms with van der Waals surface area (Å²) >= 11 is 0. The standard InChI is InChI=1S/C33H51NO4/c1-10-38-34-25-12-13-31(6)24(28(25,2)3)11-14-33(8)26(31)23(35)19-21-22-20-30(5,27(36)37-9)16-15-29(22,4)17-18-32(21,33)7/h19,22,24,26H,10-18,20H2,1-9H3/b34-25+/t22-,24-,26?,29+,30+,31-,32+,33+/m0/s1. The predicted molar refractivity (Wildman–Crippen MR) is 151 cm³/mol. The van der Waals surface area contributed by atoms with Crippen molar-refractivity contribution in [2.24, 2.45) is 55.4 Å². The molecule has 5 heteroatoms. The largest absolute Gasteiger partial charge is 0.469 e. The van der Waals surface area contributed by atoms with Crippen molar-refractivity contribution in [3.8, 4) is 0 Å². The Bertz CT molecular complexity index is 1090. The van der Waals surface area contributed by atoms with Crippen LogP contribution in [-0.4, -0.2) is 31.2 Å². The highest BCUT2D eigenvalue weighted by Gasteiger charge is 2.70. The lowest BCUT2D eigenvalue weighted by Gasteiger charge is -2.70. The van der Waals surface area contributed by atoms with Gasteiger partial charge in [0.15, 0.2) is 5.78 Å². The molecule has 5 aliphatic rings. The minimum absolute atomic E-state index is 0.00959. The highest BCUT2D eigenvalue weighted by molar-refractivity contribution is 5.97. The molecule has 0 aromatic carbocycles. The van der Waals surface area contributed by atoms with Crippen molar-refractivity contribution >= 4 is 17.5 Å². The smallest absolute Gasteiger partial charge is 0.311 e. The maximum Gasteiger partial charge on any atom is 0.311 e. The van der Waals surface area contributed by atoms with E-state index < -0.39 is 5.41 Å². The van der Waals surface area contributed by atoms with E-state index in [1.165, 1.54) is 12.7 Å². The van der Waals surface area contributed by atoms with Gasteiger partial charge in [0.2, 0.25) is 0 Å². The van der Waals surface area contributed by atoms with E-state index in [4.69, 9.17) is 9.57 Å². The maximum atomic E-state index is 14.5. The molecule has 0 heterocycles. The van der Waals surface area contributed by atoms with E-state index in [9.17, 15) is 9.59 Å². The number of hydrogen-bond acceptors (Lipinski definition) is 5. The molecule has 5 aliphatic carbocycles. The second-order valence-electron chi connectivity index (χ2n) is 15.4. The summed E-state index contributed by atoms with van der Waals surface area (Å²) in [6.45, 7) is 19.1. The SMILES string of the molecule is CCO/N=C1\CC[C@]2(C)C3C(=O)C=C4[C@@H]5C[C@](C)(C(=O)OC)CC[C@]5(C)CC[C@@]4(C)[C@]3(C)CC[C@H]2C1(C)C. The summed E-state index contributed by atoms with van der Waals surface area (Å²) in [5.74, 6) is 0.896. The first kappa shape index (κ1) is 27.9. The van der Waals surface area contributed by atoms with Crippen LogP contribution in [0.4, 0.5) is 0 Å². The maximum absolute atomic E-state index is 14.5. The van der Waals surface area contributed by atoms with Gasteiger partial charge in [0.25, 0.3) is 0 Å². The number of esters is 1. The molecule has 4 fully saturated rings. The first-order valence-corrected chi connectivity index (χ1v) is 15.2. The third-order valence-electron chi connectivity index (χ3n) is 13.3. The van der Waals surface area contributed by atoms with Crippen molar-refractivity contribution in [3.05, 3.63) is 11.6 Å². The van der Waals surface area contributed by atoms with Gasteiger partial charge in [-0.3, -0.25) is 9.59 Å². The third-order valence-corrected chi connectivity index (χ3v) is 13.3. The second kappa shape index (κ2) is 8.67. The molecular formula is C33H51NO4. The van der Waals surface area contributed by atoms with Crippen molar-refractivity contribution in [1.29, 1.82) is 0 Å². The van der Waals surface area contributed by atoms with Crippen LogP contribution in [0.1, 0.15) is 113 Å². The first-order chi connectivity index (χ1) is 17.6. The quantitative estimate of drug-likeness (QED) is 0.282. The fraction of sp³-hybridized carbons (Fsp3) is 0.848. The molecule has 0 aromatic rings. The van der Waals surface area contributed by atoms with Gasteiger partial charge < -0.3 is 9.57 Å². The first-order valence-electron chi connectivity index (χ1n) is 15.2. The van der Waals surface area contributed by atoms with E-state index >= 15 is 0 Å². The number of allylic oxidation sites excluding steroid dienone is 2. The molecule has 0 saturated heterocycles. The van der Waals surface area contributed by atoms with E-state index in [-0.39, 0.29) is 44.9 Å². The fourth-order valence-electron chi connectivity index (χ4n) is 10.7. The van der Waals surface area contributed by atoms with Crippen molar-refractivity contribution in [1.82, 2.24) is 0 Å². The summed E-state index contributed by atoms with van der Waals surface area (Å²) in [6, 6.07) is 0. The molecular weight excluding hydrogens is 474 g/mol. The molecule has 38 heavy (non-hydrogen) atoms. The molecule has 5 nitrogen and oxygen atoms in total. The monoisotopic (exact) mass is 525 g/mol. The molecule has 212 valence electrons. The van der Waals surface area contributed by atoms with Crippen LogP contribution in [0.15, 0.2) is 16.8 Å². The van der Waals surface area contributed by atoms with Crippen LogP contribution in [0, 0.1) is 50.2 Å². The summed E-state index contributed by atoms with van der Waals surface area (Å²) in [4.78, 5) is 32.9. The minimum Gasteiger partial charge on any atom is -0.469 e. The van der Waals surface area contributed by atoms with Crippen LogP contribution < -0.4 is 0 Å². The van der Waals surface area contributed by atoms with Gasteiger partial charge in [-0.2, -0.15) is 0 Å². The van der Waals surface area contributed by atoms with Gasteiger partial charge in [-0.1, -0.05) is 52.3 Å². The normalized spacial score (nSPS) is 48.7. The molecule has 4 saturated carbocycles. The number of hydrogen-bond donors (Lipinski definition) is 0. The lowest BCUT2D eigenvalue weighted by Crippen LogP contribution is -2.66. The Kier molecular flexibility index (Phi) is 6.37. The van der Waals surface area contributed by atoms with Gasteiger partial charge in [0.1, 0.15) is 6.61 Å². The topological polar surface area (TPSA) is 65.0 Å². The van der Waals surface area contributed by atoms with Crippen LogP contribution in [-0.2, 0) is 19.2 Å². The number of nitrogens with zero attached hydrogens (tertiary/aromatic N) is 1. The molecule has 1 unspecified atom stereocenters. The number of oxime groups is 1. The average Bonchev–Trinajstić information content (AvgIpc) is 2.85. The third kappa shape index (κ3) is 3.51. The molecule has 8 atom stereocenters. The van der Waals surface area contributed by atoms with E-state index in [1.54, 1.807) is 0 Å². The summed E-state index contributed by atoms with van der Waals surface area (Å²) in [5.41, 5.74) is 1.87. The Hall–Kier alpha value is -1.65. The van der Waals surface area contributed by atoms with Crippen LogP contribution >= 0.6 is 0 Å². The molecule has 0 aliphatic heterocycles. The van der Waals surface area contributed by atoms with Crippen LogP contribution in [0.25, 0.3) is 0 Å². The zero-order valence-electron chi connectivity index (χ0n) is 25.5. The van der Waals surface area contributed by atoms with E-state index in [2.05, 4.69) is 59.7 Å². The highest BCUT2D eigenvalue weighted by atomic mass is 16.6. The second-order valence-corrected chi connectivity index (χ2v) is 15.4. The van der Waals surface area contributed by atoms with Gasteiger partial charge in [0.05, 0.1) is 18.2 Å². The lowest BCUT2D eigenvalue weighted by atomic mass is 9.33. The summed E-state index contributed by atoms with van der Waals surface area (Å²) < 4.78 is 5.27. The summed E-state index contributed by atoms with van der Waals surface area (Å²) in [5, 5.41) is 4.57. The van der Waals surface area contributed by atoms with Gasteiger partial charge in [0, 0.05) is 11.3 Å². The number of ether oxygens (including phenoxy) is 1. The fourth-order valence-corrected chi connectivity index (χ4v) is 10.7. The van der Waals surface area contributed by atoms with E-state index in [0.717, 1.165) is 63.5 Å². The summed E-state index contributed by atoms with van der Waals surface area (Å²) in [7, 11) is 1.51. The number of ketones is 1. The van der Waals surface area contributed by atoms with Crippen LogP contribution in [0.3, 0.4) is 0 Å². The number of carbonyl (C=O) groups is 2. The summed E-state index contributed by atoms with van der Waals surface area (Å²) in [6.07, 6.45) is 11.1. The molecule has 0 spiro atoms. The minimum atomic E-state index is -0.480. The molecule has 0 radical (unpaired) electrons. The molecule has 5 rings (SSSR count). The van der Waals surface area contributed by atoms with Crippen LogP contribution in [0.5, 0.6) is 0 Å². The Balaban J connectivity index is 1.58. The Morgan fingerprint density at radius 1 is 1.00 bits per heavy atom. The van der Waals surface area contributed by atoms with Crippen LogP contribution in [0.2, 0.25) is 0 Å². The highest BCUT2D eigenvalue weighted by Crippen LogP contribution is 2.75. The van der Waals surface area contributed by atoms with Crippen molar-refractivity contribution in [2.75, 3.05) is 13.7 Å². The van der Waals surface area contributed by atoms with Gasteiger partial charge in [-0.25, -0.2) is 0 Å². The predicted octanol–water partition coefficient (Wildman–Crippen LogP) is 7.53. The lowest BCUT2D eigenvalue weighted by molar-refractivity contribution is -0.176. The Morgan fingerprint density at radius 2 is 1.68 bits per heavy atom. The molecule has 0 aromatic heterocycles.